The molecule has 3 nitrogen and oxygen atoms in total. The molecule has 2 rings (SSSR count). The minimum absolute atomic E-state index is 0.647. The number of nitrogens with zero attached hydrogens (tertiary/aromatic N) is 1. The fourth-order valence-corrected chi connectivity index (χ4v) is 2.09. The molecule has 0 amide bonds. The molecule has 1 aliphatic heterocycles. The highest BCUT2D eigenvalue weighted by Crippen LogP contribution is 2.28. The number of nitrogens with one attached hydrogen (secondary N) is 2. The highest BCUT2D eigenvalue weighted by molar-refractivity contribution is 5.50. The third-order valence-electron chi connectivity index (χ3n) is 2.86. The van der Waals surface area contributed by atoms with E-state index in [1.807, 2.05) is 19.4 Å². The largest absolute Gasteiger partial charge is 0.387 e. The monoisotopic (exact) mass is 191 g/mol. The average Bonchev–Trinajstić information content (AvgIpc) is 2.30. The minimum Gasteiger partial charge on any atom is -0.387 e. The van der Waals surface area contributed by atoms with Crippen LogP contribution in [0.4, 0.5) is 5.69 Å². The molecule has 3 heteroatoms. The maximum Gasteiger partial charge on any atom is 0.0560 e. The number of hydrogen-bond acceptors (Lipinski definition) is 3. The van der Waals surface area contributed by atoms with Gasteiger partial charge in [-0.1, -0.05) is 0 Å². The first-order chi connectivity index (χ1) is 6.92. The summed E-state index contributed by atoms with van der Waals surface area (Å²) in [4.78, 5) is 4.13. The number of pyridine rings is 1. The molecule has 0 aromatic carbocycles. The van der Waals surface area contributed by atoms with Crippen LogP contribution >= 0.6 is 0 Å². The zero-order valence-electron chi connectivity index (χ0n) is 8.59. The van der Waals surface area contributed by atoms with Crippen molar-refractivity contribution in [3.8, 4) is 0 Å². The number of aromatic nitrogens is 1. The van der Waals surface area contributed by atoms with E-state index in [0.717, 1.165) is 13.1 Å². The van der Waals surface area contributed by atoms with Crippen LogP contribution in [0.5, 0.6) is 0 Å². The second-order valence-corrected chi connectivity index (χ2v) is 3.76. The third-order valence-corrected chi connectivity index (χ3v) is 2.86. The van der Waals surface area contributed by atoms with E-state index < -0.39 is 0 Å². The quantitative estimate of drug-likeness (QED) is 0.745. The molecule has 1 aromatic heterocycles. The zero-order chi connectivity index (χ0) is 9.80. The SMILES string of the molecule is CNc1cnccc1[C@@H]1CCCNC1. The van der Waals surface area contributed by atoms with Crippen LogP contribution in [0.15, 0.2) is 18.5 Å². The Morgan fingerprint density at radius 2 is 2.50 bits per heavy atom. The summed E-state index contributed by atoms with van der Waals surface area (Å²) in [5.74, 6) is 0.647. The molecule has 0 aliphatic carbocycles. The molecule has 1 aliphatic rings. The van der Waals surface area contributed by atoms with Crippen molar-refractivity contribution in [2.24, 2.45) is 0 Å². The predicted octanol–water partition coefficient (Wildman–Crippen LogP) is 1.59. The van der Waals surface area contributed by atoms with Crippen LogP contribution in [0.3, 0.4) is 0 Å². The van der Waals surface area contributed by atoms with Gasteiger partial charge in [-0.25, -0.2) is 0 Å². The Labute approximate surface area is 84.9 Å². The molecule has 14 heavy (non-hydrogen) atoms. The topological polar surface area (TPSA) is 37.0 Å². The molecule has 0 spiro atoms. The van der Waals surface area contributed by atoms with Gasteiger partial charge in [0.1, 0.15) is 0 Å². The van der Waals surface area contributed by atoms with Crippen molar-refractivity contribution in [2.45, 2.75) is 18.8 Å². The van der Waals surface area contributed by atoms with Crippen LogP contribution in [0.1, 0.15) is 24.3 Å². The van der Waals surface area contributed by atoms with Crippen LogP contribution < -0.4 is 10.6 Å². The highest BCUT2D eigenvalue weighted by atomic mass is 14.9. The van der Waals surface area contributed by atoms with E-state index in [1.165, 1.54) is 24.1 Å². The zero-order valence-corrected chi connectivity index (χ0v) is 8.59. The van der Waals surface area contributed by atoms with Gasteiger partial charge < -0.3 is 10.6 Å². The van der Waals surface area contributed by atoms with E-state index in [4.69, 9.17) is 0 Å². The van der Waals surface area contributed by atoms with Crippen molar-refractivity contribution in [1.29, 1.82) is 0 Å². The lowest BCUT2D eigenvalue weighted by Crippen LogP contribution is -2.28. The van der Waals surface area contributed by atoms with Crippen LogP contribution in [0.25, 0.3) is 0 Å². The summed E-state index contributed by atoms with van der Waals surface area (Å²) in [6, 6.07) is 2.13. The first kappa shape index (κ1) is 9.46. The maximum atomic E-state index is 4.13. The second-order valence-electron chi connectivity index (χ2n) is 3.76. The summed E-state index contributed by atoms with van der Waals surface area (Å²) >= 11 is 0. The van der Waals surface area contributed by atoms with Gasteiger partial charge in [0.05, 0.1) is 11.9 Å². The first-order valence-electron chi connectivity index (χ1n) is 5.24. The molecule has 2 heterocycles. The Hall–Kier alpha value is -1.09. The van der Waals surface area contributed by atoms with Gasteiger partial charge in [0.15, 0.2) is 0 Å². The van der Waals surface area contributed by atoms with Gasteiger partial charge in [-0.05, 0) is 36.9 Å². The average molecular weight is 191 g/mol. The lowest BCUT2D eigenvalue weighted by atomic mass is 9.91. The van der Waals surface area contributed by atoms with Crippen LogP contribution in [-0.2, 0) is 0 Å². The Morgan fingerprint density at radius 1 is 1.57 bits per heavy atom. The second kappa shape index (κ2) is 4.42. The van der Waals surface area contributed by atoms with Crippen LogP contribution in [0, 0.1) is 0 Å². The van der Waals surface area contributed by atoms with Gasteiger partial charge in [-0.3, -0.25) is 4.98 Å². The summed E-state index contributed by atoms with van der Waals surface area (Å²) in [7, 11) is 1.96. The van der Waals surface area contributed by atoms with E-state index in [0.29, 0.717) is 5.92 Å². The highest BCUT2D eigenvalue weighted by Gasteiger charge is 2.17. The van der Waals surface area contributed by atoms with Gasteiger partial charge in [0.2, 0.25) is 0 Å². The summed E-state index contributed by atoms with van der Waals surface area (Å²) in [6.45, 7) is 2.26. The Morgan fingerprint density at radius 3 is 3.21 bits per heavy atom. The minimum atomic E-state index is 0.647. The van der Waals surface area contributed by atoms with Crippen molar-refractivity contribution in [2.75, 3.05) is 25.5 Å². The van der Waals surface area contributed by atoms with Gasteiger partial charge in [0.25, 0.3) is 0 Å². The molecular formula is C11H17N3. The number of rotatable bonds is 2. The van der Waals surface area contributed by atoms with Crippen molar-refractivity contribution in [3.05, 3.63) is 24.0 Å². The van der Waals surface area contributed by atoms with E-state index in [2.05, 4.69) is 21.7 Å². The standard InChI is InChI=1S/C11H17N3/c1-12-11-8-14-6-4-10(11)9-3-2-5-13-7-9/h4,6,8-9,12-13H,2-3,5,7H2,1H3/t9-/m1/s1. The maximum absolute atomic E-state index is 4.13. The van der Waals surface area contributed by atoms with Crippen LogP contribution in [0.2, 0.25) is 0 Å². The molecule has 1 saturated heterocycles. The third kappa shape index (κ3) is 1.87. The molecule has 1 fully saturated rings. The van der Waals surface area contributed by atoms with Gasteiger partial charge in [-0.15, -0.1) is 0 Å². The molecule has 0 bridgehead atoms. The number of piperidine rings is 1. The Balaban J connectivity index is 2.20. The van der Waals surface area contributed by atoms with Crippen molar-refractivity contribution in [3.63, 3.8) is 0 Å². The predicted molar refractivity (Wildman–Crippen MR) is 58.6 cm³/mol. The first-order valence-corrected chi connectivity index (χ1v) is 5.24. The summed E-state index contributed by atoms with van der Waals surface area (Å²) < 4.78 is 0. The molecule has 0 radical (unpaired) electrons. The molecule has 76 valence electrons. The van der Waals surface area contributed by atoms with Crippen molar-refractivity contribution < 1.29 is 0 Å². The fraction of sp³-hybridized carbons (Fsp3) is 0.545. The Kier molecular flexibility index (Phi) is 2.99. The van der Waals surface area contributed by atoms with Gasteiger partial charge >= 0.3 is 0 Å². The van der Waals surface area contributed by atoms with Gasteiger partial charge in [0, 0.05) is 19.8 Å². The smallest absolute Gasteiger partial charge is 0.0560 e. The lowest BCUT2D eigenvalue weighted by molar-refractivity contribution is 0.462. The van der Waals surface area contributed by atoms with Crippen molar-refractivity contribution in [1.82, 2.24) is 10.3 Å². The molecule has 0 saturated carbocycles. The normalized spacial score (nSPS) is 21.9. The molecule has 1 aromatic rings. The van der Waals surface area contributed by atoms with Crippen molar-refractivity contribution >= 4 is 5.69 Å². The molecule has 1 atom stereocenters. The molecule has 0 unspecified atom stereocenters. The van der Waals surface area contributed by atoms with E-state index in [-0.39, 0.29) is 0 Å². The Bertz CT molecular complexity index is 292. The van der Waals surface area contributed by atoms with Crippen LogP contribution in [-0.4, -0.2) is 25.1 Å². The number of hydrogen-bond donors (Lipinski definition) is 2. The molecule has 2 N–H and O–H groups in total. The lowest BCUT2D eigenvalue weighted by Gasteiger charge is -2.24. The fourth-order valence-electron chi connectivity index (χ4n) is 2.09. The summed E-state index contributed by atoms with van der Waals surface area (Å²) in [6.07, 6.45) is 6.34. The summed E-state index contributed by atoms with van der Waals surface area (Å²) in [5.41, 5.74) is 2.57. The molecular weight excluding hydrogens is 174 g/mol. The van der Waals surface area contributed by atoms with E-state index >= 15 is 0 Å². The van der Waals surface area contributed by atoms with E-state index in [9.17, 15) is 0 Å². The summed E-state index contributed by atoms with van der Waals surface area (Å²) in [5, 5.41) is 6.64. The van der Waals surface area contributed by atoms with Gasteiger partial charge in [-0.2, -0.15) is 0 Å². The number of anilines is 1. The van der Waals surface area contributed by atoms with E-state index in [1.54, 1.807) is 0 Å².